The molecule has 132 valence electrons. The van der Waals surface area contributed by atoms with E-state index in [-0.39, 0.29) is 23.1 Å². The van der Waals surface area contributed by atoms with Gasteiger partial charge in [0.25, 0.3) is 5.91 Å². The Kier molecular flexibility index (Phi) is 5.52. The Morgan fingerprint density at radius 3 is 2.67 bits per heavy atom. The minimum absolute atomic E-state index is 0.0220. The first kappa shape index (κ1) is 18.3. The van der Waals surface area contributed by atoms with Gasteiger partial charge in [-0.15, -0.1) is 0 Å². The molecule has 2 atom stereocenters. The number of amides is 2. The van der Waals surface area contributed by atoms with Crippen molar-refractivity contribution in [3.8, 4) is 5.75 Å². The molecule has 1 aromatic carbocycles. The Hall–Kier alpha value is -2.04. The molecule has 1 aromatic rings. The quantitative estimate of drug-likeness (QED) is 0.920. The van der Waals surface area contributed by atoms with Crippen LogP contribution in [0.15, 0.2) is 24.3 Å². The minimum atomic E-state index is -0.591. The first-order valence-electron chi connectivity index (χ1n) is 8.54. The smallest absolute Gasteiger partial charge is 0.263 e. The van der Waals surface area contributed by atoms with Crippen molar-refractivity contribution in [2.24, 2.45) is 11.7 Å². The SMILES string of the molecule is CC(Oc1cccc(C(C)(C)C)c1)C(=O)N1CCCC(C(N)=O)C1. The Morgan fingerprint density at radius 1 is 1.33 bits per heavy atom. The van der Waals surface area contributed by atoms with E-state index in [1.165, 1.54) is 0 Å². The maximum atomic E-state index is 12.6. The van der Waals surface area contributed by atoms with Crippen LogP contribution < -0.4 is 10.5 Å². The number of hydrogen-bond donors (Lipinski definition) is 1. The lowest BCUT2D eigenvalue weighted by molar-refractivity contribution is -0.141. The molecule has 2 N–H and O–H groups in total. The highest BCUT2D eigenvalue weighted by atomic mass is 16.5. The van der Waals surface area contributed by atoms with Gasteiger partial charge in [-0.3, -0.25) is 9.59 Å². The van der Waals surface area contributed by atoms with Gasteiger partial charge in [0.1, 0.15) is 5.75 Å². The summed E-state index contributed by atoms with van der Waals surface area (Å²) in [5.74, 6) is 0.00640. The molecule has 2 amide bonds. The molecular formula is C19H28N2O3. The zero-order valence-electron chi connectivity index (χ0n) is 15.0. The lowest BCUT2D eigenvalue weighted by atomic mass is 9.87. The normalized spacial score (nSPS) is 19.7. The predicted octanol–water partition coefficient (Wildman–Crippen LogP) is 2.48. The number of likely N-dealkylation sites (tertiary alicyclic amines) is 1. The summed E-state index contributed by atoms with van der Waals surface area (Å²) in [4.78, 5) is 25.7. The topological polar surface area (TPSA) is 72.6 Å². The second-order valence-corrected chi connectivity index (χ2v) is 7.56. The highest BCUT2D eigenvalue weighted by Gasteiger charge is 2.30. The van der Waals surface area contributed by atoms with Crippen molar-refractivity contribution in [2.45, 2.75) is 52.1 Å². The van der Waals surface area contributed by atoms with Gasteiger partial charge in [-0.1, -0.05) is 32.9 Å². The van der Waals surface area contributed by atoms with Crippen molar-refractivity contribution in [1.82, 2.24) is 4.90 Å². The molecule has 5 nitrogen and oxygen atoms in total. The fraction of sp³-hybridized carbons (Fsp3) is 0.579. The number of primary amides is 1. The van der Waals surface area contributed by atoms with Crippen LogP contribution in [-0.2, 0) is 15.0 Å². The van der Waals surface area contributed by atoms with Crippen molar-refractivity contribution in [2.75, 3.05) is 13.1 Å². The van der Waals surface area contributed by atoms with E-state index in [4.69, 9.17) is 10.5 Å². The molecule has 24 heavy (non-hydrogen) atoms. The molecule has 0 radical (unpaired) electrons. The van der Waals surface area contributed by atoms with E-state index in [0.29, 0.717) is 18.8 Å². The van der Waals surface area contributed by atoms with Crippen LogP contribution >= 0.6 is 0 Å². The van der Waals surface area contributed by atoms with Crippen LogP contribution in [-0.4, -0.2) is 35.9 Å². The zero-order chi connectivity index (χ0) is 17.9. The second-order valence-electron chi connectivity index (χ2n) is 7.56. The van der Waals surface area contributed by atoms with E-state index in [1.54, 1.807) is 11.8 Å². The third-order valence-corrected chi connectivity index (χ3v) is 4.50. The molecule has 0 aliphatic carbocycles. The molecule has 0 spiro atoms. The van der Waals surface area contributed by atoms with E-state index in [1.807, 2.05) is 18.2 Å². The average molecular weight is 332 g/mol. The lowest BCUT2D eigenvalue weighted by Crippen LogP contribution is -2.48. The number of ether oxygens (including phenoxy) is 1. The highest BCUT2D eigenvalue weighted by Crippen LogP contribution is 2.26. The van der Waals surface area contributed by atoms with Gasteiger partial charge in [0.2, 0.25) is 5.91 Å². The third-order valence-electron chi connectivity index (χ3n) is 4.50. The van der Waals surface area contributed by atoms with Gasteiger partial charge in [0.05, 0.1) is 5.92 Å². The highest BCUT2D eigenvalue weighted by molar-refractivity contribution is 5.83. The van der Waals surface area contributed by atoms with Crippen LogP contribution in [0.2, 0.25) is 0 Å². The Balaban J connectivity index is 2.02. The maximum Gasteiger partial charge on any atom is 0.263 e. The zero-order valence-corrected chi connectivity index (χ0v) is 15.0. The van der Waals surface area contributed by atoms with Gasteiger partial charge in [-0.25, -0.2) is 0 Å². The number of carbonyl (C=O) groups excluding carboxylic acids is 2. The van der Waals surface area contributed by atoms with Gasteiger partial charge in [-0.05, 0) is 42.9 Å². The molecule has 1 heterocycles. The molecule has 2 rings (SSSR count). The number of nitrogens with two attached hydrogens (primary N) is 1. The third kappa shape index (κ3) is 4.49. The van der Waals surface area contributed by atoms with Crippen LogP contribution in [0, 0.1) is 5.92 Å². The van der Waals surface area contributed by atoms with Crippen LogP contribution in [0.1, 0.15) is 46.1 Å². The molecule has 1 aliphatic heterocycles. The predicted molar refractivity (Wildman–Crippen MR) is 93.7 cm³/mol. The lowest BCUT2D eigenvalue weighted by Gasteiger charge is -2.33. The van der Waals surface area contributed by atoms with Gasteiger partial charge < -0.3 is 15.4 Å². The fourth-order valence-electron chi connectivity index (χ4n) is 2.96. The van der Waals surface area contributed by atoms with Crippen molar-refractivity contribution in [3.63, 3.8) is 0 Å². The molecule has 2 unspecified atom stereocenters. The van der Waals surface area contributed by atoms with Gasteiger partial charge in [-0.2, -0.15) is 0 Å². The van der Waals surface area contributed by atoms with E-state index in [0.717, 1.165) is 18.4 Å². The van der Waals surface area contributed by atoms with Gasteiger partial charge in [0, 0.05) is 13.1 Å². The summed E-state index contributed by atoms with van der Waals surface area (Å²) in [6.07, 6.45) is 0.958. The van der Waals surface area contributed by atoms with Crippen molar-refractivity contribution < 1.29 is 14.3 Å². The summed E-state index contributed by atoms with van der Waals surface area (Å²) in [6, 6.07) is 7.84. The number of benzene rings is 1. The van der Waals surface area contributed by atoms with E-state index < -0.39 is 6.10 Å². The van der Waals surface area contributed by atoms with Crippen LogP contribution in [0.5, 0.6) is 5.75 Å². The van der Waals surface area contributed by atoms with E-state index in [9.17, 15) is 9.59 Å². The Bertz CT molecular complexity index is 607. The summed E-state index contributed by atoms with van der Waals surface area (Å²) in [5, 5.41) is 0. The molecule has 0 bridgehead atoms. The molecule has 1 fully saturated rings. The summed E-state index contributed by atoms with van der Waals surface area (Å²) in [5.41, 5.74) is 6.56. The molecular weight excluding hydrogens is 304 g/mol. The molecule has 1 saturated heterocycles. The first-order valence-corrected chi connectivity index (χ1v) is 8.54. The van der Waals surface area contributed by atoms with Crippen molar-refractivity contribution in [1.29, 1.82) is 0 Å². The standard InChI is InChI=1S/C19H28N2O3/c1-13(18(23)21-10-6-7-14(12-21)17(20)22)24-16-9-5-8-15(11-16)19(2,3)4/h5,8-9,11,13-14H,6-7,10,12H2,1-4H3,(H2,20,22). The Labute approximate surface area is 144 Å². The van der Waals surface area contributed by atoms with Gasteiger partial charge in [0.15, 0.2) is 6.10 Å². The van der Waals surface area contributed by atoms with E-state index >= 15 is 0 Å². The Morgan fingerprint density at radius 2 is 2.04 bits per heavy atom. The molecule has 5 heteroatoms. The van der Waals surface area contributed by atoms with Gasteiger partial charge >= 0.3 is 0 Å². The monoisotopic (exact) mass is 332 g/mol. The molecule has 0 aromatic heterocycles. The van der Waals surface area contributed by atoms with Crippen molar-refractivity contribution >= 4 is 11.8 Å². The summed E-state index contributed by atoms with van der Waals surface area (Å²) >= 11 is 0. The number of piperidine rings is 1. The van der Waals surface area contributed by atoms with Crippen LogP contribution in [0.3, 0.4) is 0 Å². The number of nitrogens with zero attached hydrogens (tertiary/aromatic N) is 1. The number of hydrogen-bond acceptors (Lipinski definition) is 3. The fourth-order valence-corrected chi connectivity index (χ4v) is 2.96. The molecule has 0 saturated carbocycles. The largest absolute Gasteiger partial charge is 0.481 e. The number of carbonyl (C=O) groups is 2. The van der Waals surface area contributed by atoms with Crippen molar-refractivity contribution in [3.05, 3.63) is 29.8 Å². The van der Waals surface area contributed by atoms with Crippen LogP contribution in [0.4, 0.5) is 0 Å². The van der Waals surface area contributed by atoms with Crippen LogP contribution in [0.25, 0.3) is 0 Å². The second kappa shape index (κ2) is 7.24. The summed E-state index contributed by atoms with van der Waals surface area (Å²) < 4.78 is 5.85. The molecule has 1 aliphatic rings. The number of rotatable bonds is 4. The minimum Gasteiger partial charge on any atom is -0.481 e. The maximum absolute atomic E-state index is 12.6. The first-order chi connectivity index (χ1) is 11.2. The summed E-state index contributed by atoms with van der Waals surface area (Å²) in [6.45, 7) is 9.21. The average Bonchev–Trinajstić information content (AvgIpc) is 2.53. The summed E-state index contributed by atoms with van der Waals surface area (Å²) in [7, 11) is 0. The van der Waals surface area contributed by atoms with E-state index in [2.05, 4.69) is 26.8 Å².